The first-order valence-corrected chi connectivity index (χ1v) is 8.83. The van der Waals surface area contributed by atoms with Gasteiger partial charge in [0.25, 0.3) is 0 Å². The van der Waals surface area contributed by atoms with Crippen molar-refractivity contribution in [2.45, 2.75) is 26.0 Å². The molecule has 0 saturated carbocycles. The summed E-state index contributed by atoms with van der Waals surface area (Å²) in [6.07, 6.45) is 5.15. The van der Waals surface area contributed by atoms with Gasteiger partial charge in [-0.25, -0.2) is 0 Å². The van der Waals surface area contributed by atoms with E-state index in [4.69, 9.17) is 13.7 Å². The van der Waals surface area contributed by atoms with E-state index in [0.717, 1.165) is 11.1 Å². The summed E-state index contributed by atoms with van der Waals surface area (Å²) in [5, 5.41) is 3.88. The zero-order valence-corrected chi connectivity index (χ0v) is 15.2. The van der Waals surface area contributed by atoms with Gasteiger partial charge in [0.2, 0.25) is 11.7 Å². The van der Waals surface area contributed by atoms with E-state index in [1.54, 1.807) is 29.3 Å². The van der Waals surface area contributed by atoms with Crippen LogP contribution in [-0.4, -0.2) is 21.9 Å². The van der Waals surface area contributed by atoms with Gasteiger partial charge < -0.3 is 18.6 Å². The average Bonchev–Trinajstić information content (AvgIpc) is 3.38. The Labute approximate surface area is 161 Å². The molecule has 0 bridgehead atoms. The van der Waals surface area contributed by atoms with Crippen LogP contribution >= 0.6 is 0 Å². The van der Waals surface area contributed by atoms with Gasteiger partial charge in [0.15, 0.2) is 5.76 Å². The number of nitrogens with zero attached hydrogens (tertiary/aromatic N) is 2. The van der Waals surface area contributed by atoms with Crippen LogP contribution in [0.3, 0.4) is 0 Å². The molecule has 1 atom stereocenters. The van der Waals surface area contributed by atoms with Crippen molar-refractivity contribution < 1.29 is 23.3 Å². The van der Waals surface area contributed by atoms with Crippen LogP contribution in [0.25, 0.3) is 17.6 Å². The topological polar surface area (TPSA) is 85.8 Å². The first kappa shape index (κ1) is 17.8. The van der Waals surface area contributed by atoms with Crippen molar-refractivity contribution in [3.8, 4) is 11.5 Å². The highest BCUT2D eigenvalue weighted by Gasteiger charge is 2.28. The SMILES string of the molecule is CC(=O)N1C=Cc2ccccc2[C@H]1CC(=O)OCc1cc(-c2ccco2)on1. The van der Waals surface area contributed by atoms with Gasteiger partial charge in [0, 0.05) is 19.2 Å². The number of carbonyl (C=O) groups is 2. The van der Waals surface area contributed by atoms with E-state index in [-0.39, 0.29) is 18.9 Å². The number of furan rings is 1. The summed E-state index contributed by atoms with van der Waals surface area (Å²) in [6.45, 7) is 1.45. The molecular weight excluding hydrogens is 360 g/mol. The summed E-state index contributed by atoms with van der Waals surface area (Å²) in [7, 11) is 0. The second-order valence-electron chi connectivity index (χ2n) is 6.41. The second kappa shape index (κ2) is 7.56. The van der Waals surface area contributed by atoms with Crippen LogP contribution in [0.4, 0.5) is 0 Å². The van der Waals surface area contributed by atoms with Crippen LogP contribution < -0.4 is 0 Å². The molecule has 0 N–H and O–H groups in total. The monoisotopic (exact) mass is 378 g/mol. The van der Waals surface area contributed by atoms with E-state index >= 15 is 0 Å². The Balaban J connectivity index is 1.42. The number of esters is 1. The van der Waals surface area contributed by atoms with Crippen molar-refractivity contribution in [1.82, 2.24) is 10.1 Å². The molecule has 0 saturated heterocycles. The zero-order valence-electron chi connectivity index (χ0n) is 15.2. The smallest absolute Gasteiger partial charge is 0.308 e. The lowest BCUT2D eigenvalue weighted by Gasteiger charge is -2.32. The van der Waals surface area contributed by atoms with E-state index in [1.807, 2.05) is 30.3 Å². The number of carbonyl (C=O) groups excluding carboxylic acids is 2. The molecule has 28 heavy (non-hydrogen) atoms. The molecule has 0 radical (unpaired) electrons. The van der Waals surface area contributed by atoms with Crippen LogP contribution in [0.2, 0.25) is 0 Å². The molecule has 0 aliphatic carbocycles. The molecule has 1 aliphatic rings. The predicted octanol–water partition coefficient (Wildman–Crippen LogP) is 3.94. The van der Waals surface area contributed by atoms with Crippen LogP contribution in [0.5, 0.6) is 0 Å². The number of hydrogen-bond acceptors (Lipinski definition) is 6. The van der Waals surface area contributed by atoms with Crippen LogP contribution in [0, 0.1) is 0 Å². The quantitative estimate of drug-likeness (QED) is 0.625. The Morgan fingerprint density at radius 1 is 1.18 bits per heavy atom. The molecular formula is C21H18N2O5. The molecule has 0 spiro atoms. The standard InChI is InChI=1S/C21H18N2O5/c1-14(24)23-9-8-15-5-2-3-6-17(15)18(23)12-21(25)27-13-16-11-20(28-22-16)19-7-4-10-26-19/h2-11,18H,12-13H2,1H3/t18-/m1/s1. The van der Waals surface area contributed by atoms with E-state index in [0.29, 0.717) is 17.2 Å². The minimum absolute atomic E-state index is 0.0205. The van der Waals surface area contributed by atoms with E-state index in [1.165, 1.54) is 13.2 Å². The van der Waals surface area contributed by atoms with Gasteiger partial charge in [-0.15, -0.1) is 0 Å². The maximum Gasteiger partial charge on any atom is 0.308 e. The lowest BCUT2D eigenvalue weighted by atomic mass is 9.94. The van der Waals surface area contributed by atoms with Crippen molar-refractivity contribution in [3.63, 3.8) is 0 Å². The third-order valence-electron chi connectivity index (χ3n) is 4.53. The Bertz CT molecular complexity index is 1020. The summed E-state index contributed by atoms with van der Waals surface area (Å²) < 4.78 is 15.8. The van der Waals surface area contributed by atoms with Crippen molar-refractivity contribution in [1.29, 1.82) is 0 Å². The van der Waals surface area contributed by atoms with Crippen molar-refractivity contribution in [3.05, 3.63) is 71.7 Å². The van der Waals surface area contributed by atoms with Gasteiger partial charge in [-0.3, -0.25) is 9.59 Å². The van der Waals surface area contributed by atoms with Crippen LogP contribution in [0.1, 0.15) is 36.2 Å². The Morgan fingerprint density at radius 2 is 2.04 bits per heavy atom. The molecule has 0 unspecified atom stereocenters. The van der Waals surface area contributed by atoms with Gasteiger partial charge in [0.1, 0.15) is 12.3 Å². The molecule has 3 heterocycles. The lowest BCUT2D eigenvalue weighted by molar-refractivity contribution is -0.147. The molecule has 1 aliphatic heterocycles. The van der Waals surface area contributed by atoms with Crippen LogP contribution in [0.15, 0.2) is 63.9 Å². The molecule has 7 nitrogen and oxygen atoms in total. The Morgan fingerprint density at radius 3 is 2.82 bits per heavy atom. The Hall–Kier alpha value is -3.61. The molecule has 3 aromatic rings. The molecule has 142 valence electrons. The van der Waals surface area contributed by atoms with E-state index < -0.39 is 12.0 Å². The minimum atomic E-state index is -0.427. The number of benzene rings is 1. The van der Waals surface area contributed by atoms with Crippen molar-refractivity contribution in [2.24, 2.45) is 0 Å². The number of ether oxygens (including phenoxy) is 1. The summed E-state index contributed by atoms with van der Waals surface area (Å²) >= 11 is 0. The highest BCUT2D eigenvalue weighted by Crippen LogP contribution is 2.33. The summed E-state index contributed by atoms with van der Waals surface area (Å²) in [5.41, 5.74) is 2.38. The van der Waals surface area contributed by atoms with Gasteiger partial charge in [-0.05, 0) is 29.3 Å². The number of fused-ring (bicyclic) bond motifs is 1. The number of hydrogen-bond donors (Lipinski definition) is 0. The average molecular weight is 378 g/mol. The summed E-state index contributed by atoms with van der Waals surface area (Å²) in [4.78, 5) is 26.0. The maximum atomic E-state index is 12.4. The first-order valence-electron chi connectivity index (χ1n) is 8.83. The van der Waals surface area contributed by atoms with Gasteiger partial charge in [-0.1, -0.05) is 29.4 Å². The molecule has 7 heteroatoms. The van der Waals surface area contributed by atoms with Crippen molar-refractivity contribution in [2.75, 3.05) is 0 Å². The van der Waals surface area contributed by atoms with Crippen molar-refractivity contribution >= 4 is 18.0 Å². The predicted molar refractivity (Wildman–Crippen MR) is 99.4 cm³/mol. The van der Waals surface area contributed by atoms with Crippen LogP contribution in [-0.2, 0) is 20.9 Å². The molecule has 1 aromatic carbocycles. The Kier molecular flexibility index (Phi) is 4.80. The van der Waals surface area contributed by atoms with Gasteiger partial charge in [-0.2, -0.15) is 0 Å². The fraction of sp³-hybridized carbons (Fsp3) is 0.190. The zero-order chi connectivity index (χ0) is 19.5. The highest BCUT2D eigenvalue weighted by molar-refractivity contribution is 5.80. The van der Waals surface area contributed by atoms with E-state index in [2.05, 4.69) is 5.16 Å². The van der Waals surface area contributed by atoms with Gasteiger partial charge in [0.05, 0.1) is 18.7 Å². The minimum Gasteiger partial charge on any atom is -0.461 e. The highest BCUT2D eigenvalue weighted by atomic mass is 16.5. The first-order chi connectivity index (χ1) is 13.6. The third kappa shape index (κ3) is 3.59. The normalized spacial score (nSPS) is 15.3. The number of aromatic nitrogens is 1. The molecule has 4 rings (SSSR count). The third-order valence-corrected chi connectivity index (χ3v) is 4.53. The largest absolute Gasteiger partial charge is 0.461 e. The molecule has 1 amide bonds. The fourth-order valence-corrected chi connectivity index (χ4v) is 3.20. The maximum absolute atomic E-state index is 12.4. The molecule has 0 fully saturated rings. The second-order valence-corrected chi connectivity index (χ2v) is 6.41. The summed E-state index contributed by atoms with van der Waals surface area (Å²) in [6, 6.07) is 12.4. The number of rotatable bonds is 5. The van der Waals surface area contributed by atoms with E-state index in [9.17, 15) is 9.59 Å². The molecule has 2 aromatic heterocycles. The number of amides is 1. The lowest BCUT2D eigenvalue weighted by Crippen LogP contribution is -2.32. The fourth-order valence-electron chi connectivity index (χ4n) is 3.20. The summed E-state index contributed by atoms with van der Waals surface area (Å²) in [5.74, 6) is 0.449. The van der Waals surface area contributed by atoms with Gasteiger partial charge >= 0.3 is 5.97 Å².